The summed E-state index contributed by atoms with van der Waals surface area (Å²) in [4.78, 5) is 22.8. The Hall–Kier alpha value is -2.52. The van der Waals surface area contributed by atoms with Crippen LogP contribution in [-0.2, 0) is 16.0 Å². The fraction of sp³-hybridized carbons (Fsp3) is 0.529. The first-order valence-corrected chi connectivity index (χ1v) is 8.57. The highest BCUT2D eigenvalue weighted by molar-refractivity contribution is 5.92. The molecule has 2 aromatic rings. The number of hydrogen-bond acceptors (Lipinski definition) is 7. The summed E-state index contributed by atoms with van der Waals surface area (Å²) in [5.41, 5.74) is 0.399. The van der Waals surface area contributed by atoms with Crippen molar-refractivity contribution in [1.29, 1.82) is 0 Å². The summed E-state index contributed by atoms with van der Waals surface area (Å²) in [5.74, 6) is 0.646. The van der Waals surface area contributed by atoms with Crippen LogP contribution in [0.15, 0.2) is 30.9 Å². The molecule has 0 aromatic carbocycles. The molecule has 1 amide bonds. The van der Waals surface area contributed by atoms with Crippen LogP contribution in [0.5, 0.6) is 0 Å². The molecular weight excluding hydrogens is 336 g/mol. The first-order chi connectivity index (χ1) is 12.7. The van der Waals surface area contributed by atoms with Crippen LogP contribution in [0.1, 0.15) is 16.9 Å². The molecule has 0 saturated carbocycles. The number of nitrogens with one attached hydrogen (secondary N) is 1. The van der Waals surface area contributed by atoms with Crippen molar-refractivity contribution in [2.45, 2.75) is 25.1 Å². The maximum Gasteiger partial charge on any atom is 0.271 e. The molecule has 3 rings (SSSR count). The van der Waals surface area contributed by atoms with E-state index in [1.165, 1.54) is 6.33 Å². The lowest BCUT2D eigenvalue weighted by molar-refractivity contribution is 0.0940. The van der Waals surface area contributed by atoms with Gasteiger partial charge in [-0.3, -0.25) is 9.48 Å². The van der Waals surface area contributed by atoms with E-state index in [9.17, 15) is 4.79 Å². The predicted molar refractivity (Wildman–Crippen MR) is 95.0 cm³/mol. The van der Waals surface area contributed by atoms with Gasteiger partial charge in [-0.25, -0.2) is 9.97 Å². The van der Waals surface area contributed by atoms with Crippen molar-refractivity contribution in [3.8, 4) is 0 Å². The van der Waals surface area contributed by atoms with Gasteiger partial charge in [0.15, 0.2) is 0 Å². The predicted octanol–water partition coefficient (Wildman–Crippen LogP) is 0.343. The Bertz CT molecular complexity index is 708. The van der Waals surface area contributed by atoms with Crippen molar-refractivity contribution >= 4 is 11.7 Å². The first-order valence-electron chi connectivity index (χ1n) is 8.57. The first kappa shape index (κ1) is 18.3. The topological polar surface area (TPSA) is 94.4 Å². The molecule has 26 heavy (non-hydrogen) atoms. The second-order valence-electron chi connectivity index (χ2n) is 6.13. The van der Waals surface area contributed by atoms with Gasteiger partial charge in [0.25, 0.3) is 5.91 Å². The van der Waals surface area contributed by atoms with Gasteiger partial charge in [-0.2, -0.15) is 5.10 Å². The number of hydrogen-bond donors (Lipinski definition) is 1. The number of nitrogens with zero attached hydrogens (tertiary/aromatic N) is 5. The molecule has 140 valence electrons. The maximum atomic E-state index is 12.4. The van der Waals surface area contributed by atoms with E-state index in [2.05, 4.69) is 25.3 Å². The summed E-state index contributed by atoms with van der Waals surface area (Å²) in [6.07, 6.45) is 5.95. The monoisotopic (exact) mass is 360 g/mol. The fourth-order valence-electron chi connectivity index (χ4n) is 3.07. The highest BCUT2D eigenvalue weighted by atomic mass is 16.5. The summed E-state index contributed by atoms with van der Waals surface area (Å²) in [7, 11) is 3.34. The van der Waals surface area contributed by atoms with E-state index in [4.69, 9.17) is 9.47 Å². The van der Waals surface area contributed by atoms with Gasteiger partial charge in [0.05, 0.1) is 25.3 Å². The SMILES string of the molecule is COCCn1ccc(C(=O)NC[C@@H]2C[C@H](OC)CN2c2ccncn2)n1. The quantitative estimate of drug-likeness (QED) is 0.725. The Labute approximate surface area is 152 Å². The van der Waals surface area contributed by atoms with E-state index < -0.39 is 0 Å². The van der Waals surface area contributed by atoms with Gasteiger partial charge in [-0.15, -0.1) is 0 Å². The Kier molecular flexibility index (Phi) is 6.13. The van der Waals surface area contributed by atoms with E-state index in [0.717, 1.165) is 18.8 Å². The third kappa shape index (κ3) is 4.36. The van der Waals surface area contributed by atoms with E-state index in [1.54, 1.807) is 37.4 Å². The third-order valence-electron chi connectivity index (χ3n) is 4.47. The highest BCUT2D eigenvalue weighted by Crippen LogP contribution is 2.24. The van der Waals surface area contributed by atoms with Gasteiger partial charge in [-0.05, 0) is 18.6 Å². The van der Waals surface area contributed by atoms with Crippen molar-refractivity contribution in [1.82, 2.24) is 25.1 Å². The lowest BCUT2D eigenvalue weighted by Gasteiger charge is -2.25. The Morgan fingerprint density at radius 1 is 1.38 bits per heavy atom. The highest BCUT2D eigenvalue weighted by Gasteiger charge is 2.33. The van der Waals surface area contributed by atoms with Gasteiger partial charge < -0.3 is 19.7 Å². The summed E-state index contributed by atoms with van der Waals surface area (Å²) >= 11 is 0. The number of methoxy groups -OCH3 is 2. The zero-order chi connectivity index (χ0) is 18.4. The Morgan fingerprint density at radius 2 is 2.27 bits per heavy atom. The molecule has 9 nitrogen and oxygen atoms in total. The van der Waals surface area contributed by atoms with Gasteiger partial charge in [0.2, 0.25) is 0 Å². The van der Waals surface area contributed by atoms with Crippen molar-refractivity contribution in [3.63, 3.8) is 0 Å². The van der Waals surface area contributed by atoms with Crippen LogP contribution in [0, 0.1) is 0 Å². The second-order valence-corrected chi connectivity index (χ2v) is 6.13. The van der Waals surface area contributed by atoms with Crippen molar-refractivity contribution in [2.75, 3.05) is 38.8 Å². The molecule has 0 spiro atoms. The molecule has 2 aromatic heterocycles. The van der Waals surface area contributed by atoms with E-state index in [-0.39, 0.29) is 18.1 Å². The van der Waals surface area contributed by atoms with Gasteiger partial charge >= 0.3 is 0 Å². The second kappa shape index (κ2) is 8.72. The Balaban J connectivity index is 1.60. The standard InChI is InChI=1S/C17H24N6O3/c1-25-8-7-22-6-4-15(21-22)17(24)19-10-13-9-14(26-2)11-23(13)16-3-5-18-12-20-16/h3-6,12-14H,7-11H2,1-2H3,(H,19,24)/t13-,14-/m0/s1. The third-order valence-corrected chi connectivity index (χ3v) is 4.47. The minimum atomic E-state index is -0.190. The molecule has 2 atom stereocenters. The number of ether oxygens (including phenoxy) is 2. The normalized spacial score (nSPS) is 19.7. The largest absolute Gasteiger partial charge is 0.383 e. The van der Waals surface area contributed by atoms with Crippen LogP contribution in [0.2, 0.25) is 0 Å². The lowest BCUT2D eigenvalue weighted by Crippen LogP contribution is -2.40. The van der Waals surface area contributed by atoms with Crippen LogP contribution < -0.4 is 10.2 Å². The molecule has 1 aliphatic heterocycles. The Morgan fingerprint density at radius 3 is 3.00 bits per heavy atom. The fourth-order valence-corrected chi connectivity index (χ4v) is 3.07. The van der Waals surface area contributed by atoms with Crippen LogP contribution in [0.25, 0.3) is 0 Å². The average Bonchev–Trinajstić information content (AvgIpc) is 3.32. The molecule has 1 aliphatic rings. The van der Waals surface area contributed by atoms with Crippen LogP contribution in [0.4, 0.5) is 5.82 Å². The molecule has 0 unspecified atom stereocenters. The minimum absolute atomic E-state index is 0.106. The van der Waals surface area contributed by atoms with Crippen molar-refractivity contribution in [3.05, 3.63) is 36.5 Å². The summed E-state index contributed by atoms with van der Waals surface area (Å²) in [6, 6.07) is 3.68. The van der Waals surface area contributed by atoms with Gasteiger partial charge in [0.1, 0.15) is 17.8 Å². The molecule has 0 radical (unpaired) electrons. The molecule has 1 N–H and O–H groups in total. The molecule has 9 heteroatoms. The molecule has 0 aliphatic carbocycles. The number of rotatable bonds is 8. The van der Waals surface area contributed by atoms with Crippen LogP contribution in [-0.4, -0.2) is 71.7 Å². The van der Waals surface area contributed by atoms with E-state index in [1.807, 2.05) is 6.07 Å². The lowest BCUT2D eigenvalue weighted by atomic mass is 10.2. The van der Waals surface area contributed by atoms with E-state index in [0.29, 0.717) is 25.4 Å². The van der Waals surface area contributed by atoms with Gasteiger partial charge in [-0.1, -0.05) is 0 Å². The molecule has 1 fully saturated rings. The number of aromatic nitrogens is 4. The van der Waals surface area contributed by atoms with Crippen molar-refractivity contribution < 1.29 is 14.3 Å². The van der Waals surface area contributed by atoms with Crippen molar-refractivity contribution in [2.24, 2.45) is 0 Å². The van der Waals surface area contributed by atoms with Gasteiger partial charge in [0, 0.05) is 39.7 Å². The van der Waals surface area contributed by atoms with E-state index >= 15 is 0 Å². The number of anilines is 1. The number of carbonyl (C=O) groups excluding carboxylic acids is 1. The molecule has 1 saturated heterocycles. The number of carbonyl (C=O) groups is 1. The summed E-state index contributed by atoms with van der Waals surface area (Å²) in [5, 5.41) is 7.24. The molecular formula is C17H24N6O3. The molecule has 0 bridgehead atoms. The van der Waals surface area contributed by atoms with Crippen LogP contribution >= 0.6 is 0 Å². The average molecular weight is 360 g/mol. The molecule has 3 heterocycles. The zero-order valence-electron chi connectivity index (χ0n) is 15.0. The zero-order valence-corrected chi connectivity index (χ0v) is 15.0. The van der Waals surface area contributed by atoms with Crippen LogP contribution in [0.3, 0.4) is 0 Å². The minimum Gasteiger partial charge on any atom is -0.383 e. The summed E-state index contributed by atoms with van der Waals surface area (Å²) in [6.45, 7) is 2.40. The summed E-state index contributed by atoms with van der Waals surface area (Å²) < 4.78 is 12.2. The number of amides is 1. The maximum absolute atomic E-state index is 12.4. The smallest absolute Gasteiger partial charge is 0.271 e.